The minimum Gasteiger partial charge on any atom is -0.293 e. The Labute approximate surface area is 118 Å². The molecule has 0 unspecified atom stereocenters. The predicted octanol–water partition coefficient (Wildman–Crippen LogP) is 4.64. The van der Waals surface area contributed by atoms with Gasteiger partial charge in [-0.15, -0.1) is 0 Å². The molecule has 2 aromatic carbocycles. The van der Waals surface area contributed by atoms with Crippen molar-refractivity contribution in [3.05, 3.63) is 70.7 Å². The third kappa shape index (κ3) is 2.08. The normalized spacial score (nSPS) is 16.7. The van der Waals surface area contributed by atoms with Gasteiger partial charge in [0.25, 0.3) is 0 Å². The molecule has 96 valence electrons. The number of Topliss-reactive ketones (excluding diaryl/α,β-unsaturated/α-hetero) is 1. The SMILES string of the molecule is O=C(c1cccc(Cl)c1)C1(c2ccccc2)CCC1. The summed E-state index contributed by atoms with van der Waals surface area (Å²) >= 11 is 5.99. The molecular weight excluding hydrogens is 256 g/mol. The molecule has 19 heavy (non-hydrogen) atoms. The van der Waals surface area contributed by atoms with Gasteiger partial charge in [-0.2, -0.15) is 0 Å². The molecule has 0 aliphatic heterocycles. The van der Waals surface area contributed by atoms with Crippen LogP contribution in [-0.2, 0) is 5.41 Å². The minimum absolute atomic E-state index is 0.201. The van der Waals surface area contributed by atoms with Crippen LogP contribution in [0.1, 0.15) is 35.2 Å². The van der Waals surface area contributed by atoms with Crippen LogP contribution in [0.2, 0.25) is 5.02 Å². The van der Waals surface area contributed by atoms with E-state index in [0.717, 1.165) is 30.4 Å². The van der Waals surface area contributed by atoms with Gasteiger partial charge in [0.1, 0.15) is 0 Å². The van der Waals surface area contributed by atoms with Gasteiger partial charge in [-0.1, -0.05) is 60.5 Å². The van der Waals surface area contributed by atoms with E-state index >= 15 is 0 Å². The average molecular weight is 271 g/mol. The molecule has 0 spiro atoms. The number of rotatable bonds is 3. The topological polar surface area (TPSA) is 17.1 Å². The fourth-order valence-electron chi connectivity index (χ4n) is 2.84. The highest BCUT2D eigenvalue weighted by Crippen LogP contribution is 2.46. The molecular formula is C17H15ClO. The molecule has 3 rings (SSSR count). The summed E-state index contributed by atoms with van der Waals surface area (Å²) in [6.07, 6.45) is 2.98. The molecule has 0 bridgehead atoms. The molecule has 0 N–H and O–H groups in total. The summed E-state index contributed by atoms with van der Waals surface area (Å²) < 4.78 is 0. The lowest BCUT2D eigenvalue weighted by atomic mass is 9.61. The molecule has 2 heteroatoms. The Morgan fingerprint density at radius 2 is 1.74 bits per heavy atom. The van der Waals surface area contributed by atoms with Gasteiger partial charge < -0.3 is 0 Å². The number of benzene rings is 2. The van der Waals surface area contributed by atoms with Crippen molar-refractivity contribution in [2.75, 3.05) is 0 Å². The first-order chi connectivity index (χ1) is 9.22. The second kappa shape index (κ2) is 4.82. The second-order valence-corrected chi connectivity index (χ2v) is 5.58. The molecule has 0 radical (unpaired) electrons. The summed E-state index contributed by atoms with van der Waals surface area (Å²) in [5.74, 6) is 0.201. The summed E-state index contributed by atoms with van der Waals surface area (Å²) in [7, 11) is 0. The van der Waals surface area contributed by atoms with Crippen LogP contribution >= 0.6 is 11.6 Å². The lowest BCUT2D eigenvalue weighted by Crippen LogP contribution is -2.42. The van der Waals surface area contributed by atoms with Gasteiger partial charge in [-0.05, 0) is 30.5 Å². The predicted molar refractivity (Wildman–Crippen MR) is 77.8 cm³/mol. The molecule has 0 heterocycles. The summed E-state index contributed by atoms with van der Waals surface area (Å²) in [5.41, 5.74) is 1.52. The van der Waals surface area contributed by atoms with Gasteiger partial charge in [0.05, 0.1) is 5.41 Å². The molecule has 1 aliphatic rings. The van der Waals surface area contributed by atoms with Crippen LogP contribution in [-0.4, -0.2) is 5.78 Å². The van der Waals surface area contributed by atoms with Gasteiger partial charge in [-0.3, -0.25) is 4.79 Å². The number of halogens is 1. The maximum absolute atomic E-state index is 12.8. The van der Waals surface area contributed by atoms with Crippen LogP contribution in [0.5, 0.6) is 0 Å². The van der Waals surface area contributed by atoms with Gasteiger partial charge in [-0.25, -0.2) is 0 Å². The summed E-state index contributed by atoms with van der Waals surface area (Å²) in [6.45, 7) is 0. The third-order valence-corrected chi connectivity index (χ3v) is 4.29. The van der Waals surface area contributed by atoms with Crippen molar-refractivity contribution < 1.29 is 4.79 Å². The molecule has 0 atom stereocenters. The van der Waals surface area contributed by atoms with Gasteiger partial charge in [0.2, 0.25) is 0 Å². The zero-order valence-corrected chi connectivity index (χ0v) is 11.4. The quantitative estimate of drug-likeness (QED) is 0.742. The van der Waals surface area contributed by atoms with Gasteiger partial charge >= 0.3 is 0 Å². The highest BCUT2D eigenvalue weighted by molar-refractivity contribution is 6.31. The van der Waals surface area contributed by atoms with E-state index in [4.69, 9.17) is 11.6 Å². The number of carbonyl (C=O) groups excluding carboxylic acids is 1. The van der Waals surface area contributed by atoms with Gasteiger partial charge in [0.15, 0.2) is 5.78 Å². The highest BCUT2D eigenvalue weighted by atomic mass is 35.5. The van der Waals surface area contributed by atoms with Crippen molar-refractivity contribution in [1.29, 1.82) is 0 Å². The minimum atomic E-state index is -0.327. The van der Waals surface area contributed by atoms with Crippen LogP contribution in [0.3, 0.4) is 0 Å². The van der Waals surface area contributed by atoms with Crippen molar-refractivity contribution in [2.45, 2.75) is 24.7 Å². The van der Waals surface area contributed by atoms with Crippen LogP contribution in [0.4, 0.5) is 0 Å². The van der Waals surface area contributed by atoms with Crippen LogP contribution in [0.15, 0.2) is 54.6 Å². The highest BCUT2D eigenvalue weighted by Gasteiger charge is 2.45. The molecule has 0 amide bonds. The van der Waals surface area contributed by atoms with E-state index in [-0.39, 0.29) is 11.2 Å². The summed E-state index contributed by atoms with van der Waals surface area (Å²) in [4.78, 5) is 12.8. The van der Waals surface area contributed by atoms with Crippen molar-refractivity contribution in [3.8, 4) is 0 Å². The number of carbonyl (C=O) groups is 1. The van der Waals surface area contributed by atoms with Crippen LogP contribution in [0, 0.1) is 0 Å². The van der Waals surface area contributed by atoms with E-state index in [1.54, 1.807) is 12.1 Å². The van der Waals surface area contributed by atoms with Crippen molar-refractivity contribution in [2.24, 2.45) is 0 Å². The first kappa shape index (κ1) is 12.4. The van der Waals surface area contributed by atoms with E-state index in [1.807, 2.05) is 30.3 Å². The first-order valence-electron chi connectivity index (χ1n) is 6.58. The maximum Gasteiger partial charge on any atom is 0.173 e. The Kier molecular flexibility index (Phi) is 3.16. The molecule has 1 saturated carbocycles. The van der Waals surface area contributed by atoms with Crippen molar-refractivity contribution >= 4 is 17.4 Å². The van der Waals surface area contributed by atoms with E-state index < -0.39 is 0 Å². The number of ketones is 1. The lowest BCUT2D eigenvalue weighted by Gasteiger charge is -2.41. The first-order valence-corrected chi connectivity index (χ1v) is 6.96. The van der Waals surface area contributed by atoms with Crippen molar-refractivity contribution in [3.63, 3.8) is 0 Å². The van der Waals surface area contributed by atoms with Crippen LogP contribution in [0.25, 0.3) is 0 Å². The number of hydrogen-bond donors (Lipinski definition) is 0. The smallest absolute Gasteiger partial charge is 0.173 e. The Morgan fingerprint density at radius 1 is 1.00 bits per heavy atom. The van der Waals surface area contributed by atoms with E-state index in [0.29, 0.717) is 5.02 Å². The van der Waals surface area contributed by atoms with E-state index in [1.165, 1.54) is 0 Å². The fourth-order valence-corrected chi connectivity index (χ4v) is 3.03. The second-order valence-electron chi connectivity index (χ2n) is 5.14. The largest absolute Gasteiger partial charge is 0.293 e. The average Bonchev–Trinajstić information content (AvgIpc) is 2.38. The summed E-state index contributed by atoms with van der Waals surface area (Å²) in [6, 6.07) is 17.4. The van der Waals surface area contributed by atoms with Crippen molar-refractivity contribution in [1.82, 2.24) is 0 Å². The zero-order chi connectivity index (χ0) is 13.3. The fraction of sp³-hybridized carbons (Fsp3) is 0.235. The number of hydrogen-bond acceptors (Lipinski definition) is 1. The zero-order valence-electron chi connectivity index (χ0n) is 10.6. The summed E-state index contributed by atoms with van der Waals surface area (Å²) in [5, 5.41) is 0.619. The molecule has 0 saturated heterocycles. The molecule has 1 fully saturated rings. The standard InChI is InChI=1S/C17H15ClO/c18-15-9-4-6-13(12-15)16(19)17(10-5-11-17)14-7-2-1-3-8-14/h1-4,6-9,12H,5,10-11H2. The molecule has 0 aromatic heterocycles. The Hall–Kier alpha value is -1.60. The maximum atomic E-state index is 12.8. The molecule has 1 nitrogen and oxygen atoms in total. The van der Waals surface area contributed by atoms with Crippen LogP contribution < -0.4 is 0 Å². The van der Waals surface area contributed by atoms with Gasteiger partial charge in [0, 0.05) is 10.6 Å². The van der Waals surface area contributed by atoms with E-state index in [9.17, 15) is 4.79 Å². The monoisotopic (exact) mass is 270 g/mol. The lowest BCUT2D eigenvalue weighted by molar-refractivity contribution is 0.0789. The molecule has 1 aliphatic carbocycles. The third-order valence-electron chi connectivity index (χ3n) is 4.05. The Bertz CT molecular complexity index is 600. The molecule has 2 aromatic rings. The Morgan fingerprint density at radius 3 is 2.32 bits per heavy atom. The van der Waals surface area contributed by atoms with E-state index in [2.05, 4.69) is 12.1 Å². The Balaban J connectivity index is 2.01.